The number of benzene rings is 1. The number of rotatable bonds is 4. The Morgan fingerprint density at radius 1 is 1.05 bits per heavy atom. The van der Waals surface area contributed by atoms with Gasteiger partial charge in [-0.1, -0.05) is 56.0 Å². The van der Waals surface area contributed by atoms with Gasteiger partial charge in [-0.3, -0.25) is 0 Å². The van der Waals surface area contributed by atoms with Crippen LogP contribution in [-0.2, 0) is 6.54 Å². The zero-order valence-electron chi connectivity index (χ0n) is 11.9. The molecule has 0 amide bonds. The molecule has 3 nitrogen and oxygen atoms in total. The van der Waals surface area contributed by atoms with E-state index in [1.54, 1.807) is 0 Å². The molecule has 0 bridgehead atoms. The third-order valence-corrected chi connectivity index (χ3v) is 4.16. The topological polar surface area (TPSA) is 29.3 Å². The normalized spacial score (nSPS) is 16.8. The minimum atomic E-state index is 0.575. The Bertz CT molecular complexity index is 487. The van der Waals surface area contributed by atoms with Crippen LogP contribution in [0.3, 0.4) is 0 Å². The lowest BCUT2D eigenvalue weighted by Gasteiger charge is -2.30. The van der Waals surface area contributed by atoms with Gasteiger partial charge in [0.2, 0.25) is 5.88 Å². The van der Waals surface area contributed by atoms with Gasteiger partial charge in [-0.2, -0.15) is 0 Å². The van der Waals surface area contributed by atoms with E-state index in [0.717, 1.165) is 12.4 Å². The Morgan fingerprint density at radius 3 is 2.45 bits per heavy atom. The Morgan fingerprint density at radius 2 is 1.80 bits per heavy atom. The third-order valence-electron chi connectivity index (χ3n) is 4.16. The summed E-state index contributed by atoms with van der Waals surface area (Å²) in [4.78, 5) is 6.49. The molecule has 1 heterocycles. The van der Waals surface area contributed by atoms with Gasteiger partial charge in [0.25, 0.3) is 0 Å². The van der Waals surface area contributed by atoms with E-state index in [9.17, 15) is 0 Å². The molecule has 0 radical (unpaired) electrons. The van der Waals surface area contributed by atoms with Crippen molar-refractivity contribution >= 4 is 5.88 Å². The first kappa shape index (κ1) is 13.2. The summed E-state index contributed by atoms with van der Waals surface area (Å²) < 4.78 is 5.58. The monoisotopic (exact) mass is 270 g/mol. The average Bonchev–Trinajstić information content (AvgIpc) is 2.88. The van der Waals surface area contributed by atoms with Crippen LogP contribution in [0.25, 0.3) is 0 Å². The van der Waals surface area contributed by atoms with Crippen molar-refractivity contribution in [3.63, 3.8) is 0 Å². The minimum Gasteiger partial charge on any atom is -0.428 e. The third kappa shape index (κ3) is 3.21. The van der Waals surface area contributed by atoms with E-state index in [4.69, 9.17) is 4.42 Å². The van der Waals surface area contributed by atoms with Crippen molar-refractivity contribution in [3.8, 4) is 0 Å². The SMILES string of the molecule is c1ccc(CN(c2cnco2)C2CCCCCC2)cc1. The number of anilines is 1. The lowest BCUT2D eigenvalue weighted by molar-refractivity contribution is 0.463. The van der Waals surface area contributed by atoms with Crippen LogP contribution < -0.4 is 4.90 Å². The summed E-state index contributed by atoms with van der Waals surface area (Å²) in [6.45, 7) is 0.903. The van der Waals surface area contributed by atoms with Gasteiger partial charge in [0, 0.05) is 12.6 Å². The molecule has 3 rings (SSSR count). The molecule has 0 unspecified atom stereocenters. The molecule has 0 spiro atoms. The summed E-state index contributed by atoms with van der Waals surface area (Å²) in [6.07, 6.45) is 11.3. The fraction of sp³-hybridized carbons (Fsp3) is 0.471. The number of aromatic nitrogens is 1. The zero-order valence-corrected chi connectivity index (χ0v) is 11.9. The molecule has 1 fully saturated rings. The van der Waals surface area contributed by atoms with Gasteiger partial charge in [-0.25, -0.2) is 4.98 Å². The summed E-state index contributed by atoms with van der Waals surface area (Å²) in [5, 5.41) is 0. The summed E-state index contributed by atoms with van der Waals surface area (Å²) in [7, 11) is 0. The van der Waals surface area contributed by atoms with E-state index in [0.29, 0.717) is 6.04 Å². The van der Waals surface area contributed by atoms with Crippen LogP contribution in [0, 0.1) is 0 Å². The first-order valence-electron chi connectivity index (χ1n) is 7.62. The second kappa shape index (κ2) is 6.60. The smallest absolute Gasteiger partial charge is 0.216 e. The quantitative estimate of drug-likeness (QED) is 0.771. The lowest BCUT2D eigenvalue weighted by atomic mass is 10.1. The maximum Gasteiger partial charge on any atom is 0.216 e. The van der Waals surface area contributed by atoms with Gasteiger partial charge in [-0.05, 0) is 18.4 Å². The lowest BCUT2D eigenvalue weighted by Crippen LogP contribution is -2.34. The molecular weight excluding hydrogens is 248 g/mol. The molecule has 1 aliphatic rings. The summed E-state index contributed by atoms with van der Waals surface area (Å²) in [6, 6.07) is 11.2. The van der Waals surface area contributed by atoms with Gasteiger partial charge >= 0.3 is 0 Å². The average molecular weight is 270 g/mol. The molecule has 0 aliphatic heterocycles. The minimum absolute atomic E-state index is 0.575. The Labute approximate surface area is 120 Å². The van der Waals surface area contributed by atoms with Crippen molar-refractivity contribution in [2.45, 2.75) is 51.1 Å². The highest BCUT2D eigenvalue weighted by Gasteiger charge is 2.22. The van der Waals surface area contributed by atoms with E-state index in [-0.39, 0.29) is 0 Å². The van der Waals surface area contributed by atoms with Crippen LogP contribution in [0.2, 0.25) is 0 Å². The van der Waals surface area contributed by atoms with Crippen molar-refractivity contribution in [2.75, 3.05) is 4.90 Å². The standard InChI is InChI=1S/C17H22N2O/c1-2-7-11-16(10-6-1)19(17-12-18-14-20-17)13-15-8-4-3-5-9-15/h3-5,8-9,12,14,16H,1-2,6-7,10-11,13H2. The molecule has 1 aromatic carbocycles. The van der Waals surface area contributed by atoms with Crippen LogP contribution in [0.5, 0.6) is 0 Å². The Hall–Kier alpha value is -1.77. The van der Waals surface area contributed by atoms with Crippen LogP contribution in [0.4, 0.5) is 5.88 Å². The maximum absolute atomic E-state index is 5.58. The molecule has 1 aliphatic carbocycles. The highest BCUT2D eigenvalue weighted by Crippen LogP contribution is 2.28. The van der Waals surface area contributed by atoms with Gasteiger partial charge in [0.15, 0.2) is 6.39 Å². The molecule has 106 valence electrons. The van der Waals surface area contributed by atoms with Crippen LogP contribution in [0.1, 0.15) is 44.1 Å². The molecule has 0 N–H and O–H groups in total. The largest absolute Gasteiger partial charge is 0.428 e. The molecule has 2 aromatic rings. The molecule has 0 saturated heterocycles. The second-order valence-corrected chi connectivity index (χ2v) is 5.60. The van der Waals surface area contributed by atoms with E-state index >= 15 is 0 Å². The zero-order chi connectivity index (χ0) is 13.6. The fourth-order valence-electron chi connectivity index (χ4n) is 3.09. The Kier molecular flexibility index (Phi) is 4.36. The molecule has 0 atom stereocenters. The summed E-state index contributed by atoms with van der Waals surface area (Å²) in [5.41, 5.74) is 1.33. The predicted octanol–water partition coefficient (Wildman–Crippen LogP) is 4.40. The van der Waals surface area contributed by atoms with Crippen LogP contribution in [-0.4, -0.2) is 11.0 Å². The summed E-state index contributed by atoms with van der Waals surface area (Å²) >= 11 is 0. The molecular formula is C17H22N2O. The van der Waals surface area contributed by atoms with E-state index in [1.165, 1.54) is 50.5 Å². The molecule has 1 aromatic heterocycles. The summed E-state index contributed by atoms with van der Waals surface area (Å²) in [5.74, 6) is 0.903. The highest BCUT2D eigenvalue weighted by atomic mass is 16.4. The molecule has 20 heavy (non-hydrogen) atoms. The Balaban J connectivity index is 1.80. The van der Waals surface area contributed by atoms with Gasteiger partial charge in [0.1, 0.15) is 0 Å². The maximum atomic E-state index is 5.58. The number of oxazole rings is 1. The van der Waals surface area contributed by atoms with Gasteiger partial charge in [0.05, 0.1) is 6.20 Å². The van der Waals surface area contributed by atoms with Crippen molar-refractivity contribution in [1.82, 2.24) is 4.98 Å². The van der Waals surface area contributed by atoms with Gasteiger partial charge in [-0.15, -0.1) is 0 Å². The van der Waals surface area contributed by atoms with Crippen LogP contribution >= 0.6 is 0 Å². The van der Waals surface area contributed by atoms with Crippen molar-refractivity contribution in [2.24, 2.45) is 0 Å². The first-order chi connectivity index (χ1) is 9.93. The van der Waals surface area contributed by atoms with Crippen molar-refractivity contribution in [3.05, 3.63) is 48.5 Å². The molecule has 3 heteroatoms. The highest BCUT2D eigenvalue weighted by molar-refractivity contribution is 5.35. The van der Waals surface area contributed by atoms with Crippen LogP contribution in [0.15, 0.2) is 47.3 Å². The molecule has 1 saturated carbocycles. The predicted molar refractivity (Wildman–Crippen MR) is 80.6 cm³/mol. The first-order valence-corrected chi connectivity index (χ1v) is 7.62. The van der Waals surface area contributed by atoms with Crippen molar-refractivity contribution in [1.29, 1.82) is 0 Å². The fourth-order valence-corrected chi connectivity index (χ4v) is 3.09. The van der Waals surface area contributed by atoms with Gasteiger partial charge < -0.3 is 9.32 Å². The van der Waals surface area contributed by atoms with E-state index in [1.807, 2.05) is 6.20 Å². The van der Waals surface area contributed by atoms with E-state index in [2.05, 4.69) is 40.2 Å². The number of hydrogen-bond donors (Lipinski definition) is 0. The second-order valence-electron chi connectivity index (χ2n) is 5.60. The number of hydrogen-bond acceptors (Lipinski definition) is 3. The van der Waals surface area contributed by atoms with E-state index < -0.39 is 0 Å². The van der Waals surface area contributed by atoms with Crippen molar-refractivity contribution < 1.29 is 4.42 Å². The number of nitrogens with zero attached hydrogens (tertiary/aromatic N) is 2.